The van der Waals surface area contributed by atoms with Gasteiger partial charge in [-0.1, -0.05) is 0 Å². The number of anilines is 1. The van der Waals surface area contributed by atoms with Gasteiger partial charge in [-0.15, -0.1) is 0 Å². The number of hydrogen-bond donors (Lipinski definition) is 1. The maximum atomic E-state index is 8.71. The third-order valence-corrected chi connectivity index (χ3v) is 2.90. The lowest BCUT2D eigenvalue weighted by Crippen LogP contribution is -2.42. The van der Waals surface area contributed by atoms with Crippen molar-refractivity contribution < 1.29 is 4.74 Å². The number of benzene rings is 1. The Kier molecular flexibility index (Phi) is 3.12. The molecular formula is C13H16N2O. The molecule has 0 aliphatic carbocycles. The van der Waals surface area contributed by atoms with E-state index in [0.717, 1.165) is 31.7 Å². The van der Waals surface area contributed by atoms with Gasteiger partial charge in [0.25, 0.3) is 0 Å². The lowest BCUT2D eigenvalue weighted by molar-refractivity contribution is 0.0540. The van der Waals surface area contributed by atoms with E-state index in [1.807, 2.05) is 24.3 Å². The molecule has 1 N–H and O–H groups in total. The van der Waals surface area contributed by atoms with E-state index >= 15 is 0 Å². The molecule has 3 heteroatoms. The molecule has 0 radical (unpaired) electrons. The molecule has 0 saturated carbocycles. The van der Waals surface area contributed by atoms with Crippen LogP contribution in [0.4, 0.5) is 5.69 Å². The molecule has 1 heterocycles. The largest absolute Gasteiger partial charge is 0.379 e. The summed E-state index contributed by atoms with van der Waals surface area (Å²) in [4.78, 5) is 0. The second kappa shape index (κ2) is 4.54. The molecule has 1 saturated heterocycles. The summed E-state index contributed by atoms with van der Waals surface area (Å²) in [6, 6.07) is 9.66. The SMILES string of the molecule is CC1(Nc2ccc(C#N)cc2)CCCOC1. The first kappa shape index (κ1) is 11.0. The first-order chi connectivity index (χ1) is 7.72. The summed E-state index contributed by atoms with van der Waals surface area (Å²) in [7, 11) is 0. The highest BCUT2D eigenvalue weighted by molar-refractivity contribution is 5.49. The molecule has 0 spiro atoms. The van der Waals surface area contributed by atoms with Crippen molar-refractivity contribution >= 4 is 5.69 Å². The fourth-order valence-corrected chi connectivity index (χ4v) is 2.01. The summed E-state index contributed by atoms with van der Waals surface area (Å²) >= 11 is 0. The Morgan fingerprint density at radius 1 is 1.38 bits per heavy atom. The van der Waals surface area contributed by atoms with Crippen LogP contribution in [0.5, 0.6) is 0 Å². The average molecular weight is 216 g/mol. The lowest BCUT2D eigenvalue weighted by atomic mass is 9.94. The van der Waals surface area contributed by atoms with Crippen LogP contribution in [0.2, 0.25) is 0 Å². The predicted molar refractivity (Wildman–Crippen MR) is 63.2 cm³/mol. The van der Waals surface area contributed by atoms with Gasteiger partial charge < -0.3 is 10.1 Å². The summed E-state index contributed by atoms with van der Waals surface area (Å²) in [5.41, 5.74) is 1.76. The van der Waals surface area contributed by atoms with E-state index in [4.69, 9.17) is 10.00 Å². The van der Waals surface area contributed by atoms with Crippen molar-refractivity contribution in [3.05, 3.63) is 29.8 Å². The number of nitriles is 1. The molecule has 1 aliphatic rings. The molecule has 1 fully saturated rings. The first-order valence-electron chi connectivity index (χ1n) is 5.58. The van der Waals surface area contributed by atoms with Gasteiger partial charge in [0, 0.05) is 12.3 Å². The molecule has 0 amide bonds. The first-order valence-corrected chi connectivity index (χ1v) is 5.58. The second-order valence-electron chi connectivity index (χ2n) is 4.53. The monoisotopic (exact) mass is 216 g/mol. The summed E-state index contributed by atoms with van der Waals surface area (Å²) in [6.45, 7) is 3.78. The number of hydrogen-bond acceptors (Lipinski definition) is 3. The van der Waals surface area contributed by atoms with E-state index in [2.05, 4.69) is 18.3 Å². The van der Waals surface area contributed by atoms with Crippen molar-refractivity contribution in [2.75, 3.05) is 18.5 Å². The minimum Gasteiger partial charge on any atom is -0.379 e. The van der Waals surface area contributed by atoms with Crippen molar-refractivity contribution in [1.82, 2.24) is 0 Å². The van der Waals surface area contributed by atoms with E-state index in [1.54, 1.807) is 0 Å². The van der Waals surface area contributed by atoms with E-state index in [9.17, 15) is 0 Å². The molecule has 1 aliphatic heterocycles. The van der Waals surface area contributed by atoms with E-state index < -0.39 is 0 Å². The Morgan fingerprint density at radius 2 is 2.12 bits per heavy atom. The van der Waals surface area contributed by atoms with Crippen molar-refractivity contribution in [3.8, 4) is 6.07 Å². The normalized spacial score (nSPS) is 24.8. The van der Waals surface area contributed by atoms with Gasteiger partial charge >= 0.3 is 0 Å². The van der Waals surface area contributed by atoms with Crippen LogP contribution in [-0.4, -0.2) is 18.8 Å². The molecule has 1 aromatic carbocycles. The molecule has 84 valence electrons. The van der Waals surface area contributed by atoms with Gasteiger partial charge in [0.2, 0.25) is 0 Å². The molecule has 0 bridgehead atoms. The molecule has 1 atom stereocenters. The molecule has 16 heavy (non-hydrogen) atoms. The van der Waals surface area contributed by atoms with Crippen LogP contribution < -0.4 is 5.32 Å². The summed E-state index contributed by atoms with van der Waals surface area (Å²) in [6.07, 6.45) is 2.22. The lowest BCUT2D eigenvalue weighted by Gasteiger charge is -2.35. The zero-order chi connectivity index (χ0) is 11.4. The van der Waals surface area contributed by atoms with Crippen molar-refractivity contribution in [3.63, 3.8) is 0 Å². The molecule has 2 rings (SSSR count). The van der Waals surface area contributed by atoms with Crippen LogP contribution >= 0.6 is 0 Å². The van der Waals surface area contributed by atoms with Gasteiger partial charge in [-0.25, -0.2) is 0 Å². The van der Waals surface area contributed by atoms with Crippen LogP contribution in [0.3, 0.4) is 0 Å². The van der Waals surface area contributed by atoms with Gasteiger partial charge in [-0.2, -0.15) is 5.26 Å². The van der Waals surface area contributed by atoms with Gasteiger partial charge in [0.05, 0.1) is 23.8 Å². The smallest absolute Gasteiger partial charge is 0.0991 e. The summed E-state index contributed by atoms with van der Waals surface area (Å²) < 4.78 is 5.49. The number of ether oxygens (including phenoxy) is 1. The number of nitrogens with zero attached hydrogens (tertiary/aromatic N) is 1. The highest BCUT2D eigenvalue weighted by Gasteiger charge is 2.26. The van der Waals surface area contributed by atoms with Crippen LogP contribution in [0.25, 0.3) is 0 Å². The number of rotatable bonds is 2. The zero-order valence-electron chi connectivity index (χ0n) is 9.49. The van der Waals surface area contributed by atoms with E-state index in [0.29, 0.717) is 5.56 Å². The van der Waals surface area contributed by atoms with Gasteiger partial charge in [-0.05, 0) is 44.0 Å². The van der Waals surface area contributed by atoms with Crippen molar-refractivity contribution in [1.29, 1.82) is 5.26 Å². The minimum atomic E-state index is 0.0202. The molecular weight excluding hydrogens is 200 g/mol. The van der Waals surface area contributed by atoms with Gasteiger partial charge in [0.15, 0.2) is 0 Å². The standard InChI is InChI=1S/C13H16N2O/c1-13(7-2-8-16-10-13)15-12-5-3-11(9-14)4-6-12/h3-6,15H,2,7-8,10H2,1H3. The molecule has 1 unspecified atom stereocenters. The Labute approximate surface area is 96.0 Å². The highest BCUT2D eigenvalue weighted by Crippen LogP contribution is 2.24. The Morgan fingerprint density at radius 3 is 2.69 bits per heavy atom. The fourth-order valence-electron chi connectivity index (χ4n) is 2.01. The van der Waals surface area contributed by atoms with Crippen LogP contribution in [-0.2, 0) is 4.74 Å². The Balaban J connectivity index is 2.05. The fraction of sp³-hybridized carbons (Fsp3) is 0.462. The molecule has 0 aromatic heterocycles. The quantitative estimate of drug-likeness (QED) is 0.826. The van der Waals surface area contributed by atoms with Gasteiger partial charge in [-0.3, -0.25) is 0 Å². The van der Waals surface area contributed by atoms with Crippen LogP contribution in [0, 0.1) is 11.3 Å². The van der Waals surface area contributed by atoms with E-state index in [1.165, 1.54) is 0 Å². The summed E-state index contributed by atoms with van der Waals surface area (Å²) in [5, 5.41) is 12.2. The highest BCUT2D eigenvalue weighted by atomic mass is 16.5. The molecule has 3 nitrogen and oxygen atoms in total. The minimum absolute atomic E-state index is 0.0202. The second-order valence-corrected chi connectivity index (χ2v) is 4.53. The molecule has 1 aromatic rings. The maximum absolute atomic E-state index is 8.71. The Bertz CT molecular complexity index is 385. The van der Waals surface area contributed by atoms with Crippen molar-refractivity contribution in [2.45, 2.75) is 25.3 Å². The number of nitrogens with one attached hydrogen (secondary N) is 1. The van der Waals surface area contributed by atoms with Crippen LogP contribution in [0.1, 0.15) is 25.3 Å². The third kappa shape index (κ3) is 2.53. The third-order valence-electron chi connectivity index (χ3n) is 2.90. The maximum Gasteiger partial charge on any atom is 0.0991 e. The Hall–Kier alpha value is -1.53. The summed E-state index contributed by atoms with van der Waals surface area (Å²) in [5.74, 6) is 0. The van der Waals surface area contributed by atoms with Crippen molar-refractivity contribution in [2.24, 2.45) is 0 Å². The average Bonchev–Trinajstić information content (AvgIpc) is 2.30. The van der Waals surface area contributed by atoms with Gasteiger partial charge in [0.1, 0.15) is 0 Å². The zero-order valence-corrected chi connectivity index (χ0v) is 9.49. The predicted octanol–water partition coefficient (Wildman–Crippen LogP) is 2.54. The van der Waals surface area contributed by atoms with Crippen LogP contribution in [0.15, 0.2) is 24.3 Å². The van der Waals surface area contributed by atoms with E-state index in [-0.39, 0.29) is 5.54 Å². The topological polar surface area (TPSA) is 45.0 Å².